The Balaban J connectivity index is 2.04. The number of primary amides is 1. The highest BCUT2D eigenvalue weighted by atomic mass is 16.5. The molecule has 0 aliphatic rings. The maximum atomic E-state index is 12.4. The van der Waals surface area contributed by atoms with Crippen LogP contribution in [0.15, 0.2) is 24.3 Å². The zero-order valence-corrected chi connectivity index (χ0v) is 15.6. The van der Waals surface area contributed by atoms with Gasteiger partial charge < -0.3 is 25.9 Å². The smallest absolute Gasteiger partial charge is 0.355 e. The molecule has 0 radical (unpaired) electrons. The predicted octanol–water partition coefficient (Wildman–Crippen LogP) is 1.97. The van der Waals surface area contributed by atoms with E-state index in [9.17, 15) is 19.5 Å². The average Bonchev–Trinajstić information content (AvgIpc) is 2.89. The summed E-state index contributed by atoms with van der Waals surface area (Å²) in [6, 6.07) is 6.02. The Bertz CT molecular complexity index is 868. The van der Waals surface area contributed by atoms with Crippen molar-refractivity contribution in [1.29, 1.82) is 0 Å². The molecule has 0 fully saturated rings. The molecule has 1 aromatic heterocycles. The quantitative estimate of drug-likeness (QED) is 0.574. The van der Waals surface area contributed by atoms with Crippen LogP contribution < -0.4 is 11.1 Å². The van der Waals surface area contributed by atoms with E-state index in [1.165, 1.54) is 31.2 Å². The van der Waals surface area contributed by atoms with E-state index in [2.05, 4.69) is 10.3 Å². The number of carbonyl (C=O) groups is 3. The van der Waals surface area contributed by atoms with Gasteiger partial charge in [-0.2, -0.15) is 0 Å². The molecule has 2 rings (SSSR count). The van der Waals surface area contributed by atoms with Gasteiger partial charge in [-0.1, -0.05) is 0 Å². The van der Waals surface area contributed by atoms with Crippen molar-refractivity contribution in [3.63, 3.8) is 0 Å². The van der Waals surface area contributed by atoms with E-state index >= 15 is 0 Å². The van der Waals surface area contributed by atoms with E-state index in [1.807, 2.05) is 0 Å². The minimum Gasteiger partial charge on any atom is -0.448 e. The van der Waals surface area contributed by atoms with Crippen LogP contribution >= 0.6 is 0 Å². The van der Waals surface area contributed by atoms with Crippen LogP contribution in [0.1, 0.15) is 57.6 Å². The molecule has 5 N–H and O–H groups in total. The van der Waals surface area contributed by atoms with E-state index in [1.54, 1.807) is 20.8 Å². The number of aliphatic hydroxyl groups is 1. The highest BCUT2D eigenvalue weighted by Gasteiger charge is 2.24. The van der Waals surface area contributed by atoms with Gasteiger partial charge in [-0.15, -0.1) is 0 Å². The number of rotatable bonds is 6. The second-order valence-electron chi connectivity index (χ2n) is 6.32. The molecule has 0 unspecified atom stereocenters. The first kappa shape index (κ1) is 20.2. The van der Waals surface area contributed by atoms with Crippen molar-refractivity contribution in [3.05, 3.63) is 52.3 Å². The number of hydrogen-bond acceptors (Lipinski definition) is 5. The number of aryl methyl sites for hydroxylation is 1. The fourth-order valence-corrected chi connectivity index (χ4v) is 2.83. The zero-order valence-electron chi connectivity index (χ0n) is 15.6. The second-order valence-corrected chi connectivity index (χ2v) is 6.32. The third-order valence-corrected chi connectivity index (χ3v) is 4.21. The summed E-state index contributed by atoms with van der Waals surface area (Å²) in [4.78, 5) is 38.6. The fourth-order valence-electron chi connectivity index (χ4n) is 2.83. The number of nitrogens with one attached hydrogen (secondary N) is 2. The maximum Gasteiger partial charge on any atom is 0.355 e. The summed E-state index contributed by atoms with van der Waals surface area (Å²) in [6.45, 7) is 6.51. The molecule has 0 aliphatic heterocycles. The Kier molecular flexibility index (Phi) is 6.02. The minimum absolute atomic E-state index is 0.203. The fraction of sp³-hybridized carbons (Fsp3) is 0.316. The van der Waals surface area contributed by atoms with Crippen molar-refractivity contribution in [3.8, 4) is 0 Å². The molecular weight excluding hydrogens is 350 g/mol. The van der Waals surface area contributed by atoms with Crippen LogP contribution in [0, 0.1) is 13.8 Å². The number of nitrogens with two attached hydrogens (primary N) is 1. The number of esters is 1. The Labute approximate surface area is 156 Å². The van der Waals surface area contributed by atoms with Crippen LogP contribution in [0.3, 0.4) is 0 Å². The molecule has 1 aromatic carbocycles. The van der Waals surface area contributed by atoms with Crippen LogP contribution in [-0.4, -0.2) is 34.0 Å². The number of H-pyrrole nitrogens is 1. The van der Waals surface area contributed by atoms with Crippen molar-refractivity contribution in [2.45, 2.75) is 39.9 Å². The van der Waals surface area contributed by atoms with Gasteiger partial charge in [0, 0.05) is 22.5 Å². The van der Waals surface area contributed by atoms with E-state index in [0.29, 0.717) is 28.1 Å². The second kappa shape index (κ2) is 8.05. The molecule has 0 saturated heterocycles. The number of hydrogen-bond donors (Lipinski definition) is 4. The van der Waals surface area contributed by atoms with Crippen LogP contribution in [-0.2, 0) is 9.53 Å². The van der Waals surface area contributed by atoms with Crippen molar-refractivity contribution >= 4 is 23.5 Å². The van der Waals surface area contributed by atoms with E-state index in [-0.39, 0.29) is 5.69 Å². The molecule has 2 amide bonds. The van der Waals surface area contributed by atoms with Crippen molar-refractivity contribution in [2.75, 3.05) is 5.32 Å². The third kappa shape index (κ3) is 4.53. The lowest BCUT2D eigenvalue weighted by molar-refractivity contribution is -0.123. The van der Waals surface area contributed by atoms with Crippen molar-refractivity contribution in [1.82, 2.24) is 4.98 Å². The standard InChI is InChI=1S/C19H23N3O5/c1-9-15(11(3)23)10(2)21-16(9)19(26)27-12(4)18(25)22-14-7-5-13(6-8-14)17(20)24/h5-8,11-12,21,23H,1-4H3,(H2,20,24)(H,22,25)/t11-,12+/m1/s1. The van der Waals surface area contributed by atoms with E-state index < -0.39 is 30.0 Å². The Morgan fingerprint density at radius 3 is 2.22 bits per heavy atom. The van der Waals surface area contributed by atoms with E-state index in [4.69, 9.17) is 10.5 Å². The molecule has 0 spiro atoms. The molecule has 2 aromatic rings. The summed E-state index contributed by atoms with van der Waals surface area (Å²) in [5.74, 6) is -1.77. The number of anilines is 1. The monoisotopic (exact) mass is 373 g/mol. The third-order valence-electron chi connectivity index (χ3n) is 4.21. The topological polar surface area (TPSA) is 135 Å². The van der Waals surface area contributed by atoms with Gasteiger partial charge in [0.25, 0.3) is 5.91 Å². The highest BCUT2D eigenvalue weighted by Crippen LogP contribution is 2.25. The van der Waals surface area contributed by atoms with Crippen LogP contribution in [0.25, 0.3) is 0 Å². The zero-order chi connectivity index (χ0) is 20.3. The maximum absolute atomic E-state index is 12.4. The molecule has 0 saturated carbocycles. The number of benzene rings is 1. The predicted molar refractivity (Wildman–Crippen MR) is 99.4 cm³/mol. The number of amides is 2. The number of ether oxygens (including phenoxy) is 1. The lowest BCUT2D eigenvalue weighted by Crippen LogP contribution is -2.30. The van der Waals surface area contributed by atoms with Crippen LogP contribution in [0.2, 0.25) is 0 Å². The summed E-state index contributed by atoms with van der Waals surface area (Å²) < 4.78 is 5.22. The summed E-state index contributed by atoms with van der Waals surface area (Å²) >= 11 is 0. The number of carbonyl (C=O) groups excluding carboxylic acids is 3. The molecule has 0 bridgehead atoms. The highest BCUT2D eigenvalue weighted by molar-refractivity contribution is 5.98. The molecule has 27 heavy (non-hydrogen) atoms. The minimum atomic E-state index is -1.05. The van der Waals surface area contributed by atoms with Gasteiger partial charge >= 0.3 is 5.97 Å². The van der Waals surface area contributed by atoms with Gasteiger partial charge in [-0.05, 0) is 57.5 Å². The molecule has 2 atom stereocenters. The largest absolute Gasteiger partial charge is 0.448 e. The lowest BCUT2D eigenvalue weighted by atomic mass is 10.1. The first-order chi connectivity index (χ1) is 12.6. The summed E-state index contributed by atoms with van der Waals surface area (Å²) in [7, 11) is 0. The van der Waals surface area contributed by atoms with Crippen molar-refractivity contribution < 1.29 is 24.2 Å². The number of aliphatic hydroxyl groups excluding tert-OH is 1. The molecule has 0 aliphatic carbocycles. The number of aromatic amines is 1. The normalized spacial score (nSPS) is 12.9. The molecule has 1 heterocycles. The summed E-state index contributed by atoms with van der Waals surface area (Å²) in [5, 5.41) is 12.4. The molecule has 144 valence electrons. The van der Waals surface area contributed by atoms with Crippen molar-refractivity contribution in [2.24, 2.45) is 5.73 Å². The van der Waals surface area contributed by atoms with E-state index in [0.717, 1.165) is 0 Å². The molecule has 8 heteroatoms. The number of aromatic nitrogens is 1. The van der Waals surface area contributed by atoms with Gasteiger partial charge in [-0.25, -0.2) is 4.79 Å². The average molecular weight is 373 g/mol. The van der Waals surface area contributed by atoms with Gasteiger partial charge in [0.15, 0.2) is 6.10 Å². The summed E-state index contributed by atoms with van der Waals surface area (Å²) in [5.41, 5.74) is 8.01. The van der Waals surface area contributed by atoms with Gasteiger partial charge in [0.05, 0.1) is 6.10 Å². The van der Waals surface area contributed by atoms with Crippen LogP contribution in [0.4, 0.5) is 5.69 Å². The first-order valence-electron chi connectivity index (χ1n) is 8.40. The van der Waals surface area contributed by atoms with Gasteiger partial charge in [0.2, 0.25) is 5.91 Å². The lowest BCUT2D eigenvalue weighted by Gasteiger charge is -2.14. The Morgan fingerprint density at radius 1 is 1.15 bits per heavy atom. The Hall–Kier alpha value is -3.13. The van der Waals surface area contributed by atoms with Crippen LogP contribution in [0.5, 0.6) is 0 Å². The molecule has 8 nitrogen and oxygen atoms in total. The first-order valence-corrected chi connectivity index (χ1v) is 8.40. The molecular formula is C19H23N3O5. The van der Waals surface area contributed by atoms with Gasteiger partial charge in [0.1, 0.15) is 5.69 Å². The SMILES string of the molecule is Cc1[nH]c(C(=O)O[C@@H](C)C(=O)Nc2ccc(C(N)=O)cc2)c(C)c1[C@@H](C)O. The van der Waals surface area contributed by atoms with Gasteiger partial charge in [-0.3, -0.25) is 9.59 Å². The summed E-state index contributed by atoms with van der Waals surface area (Å²) in [6.07, 6.45) is -1.78. The Morgan fingerprint density at radius 2 is 1.74 bits per heavy atom.